The molecule has 34 heavy (non-hydrogen) atoms. The molecule has 1 saturated heterocycles. The van der Waals surface area contributed by atoms with Crippen molar-refractivity contribution in [2.24, 2.45) is 0 Å². The number of ether oxygens (including phenoxy) is 2. The molecule has 2 aromatic heterocycles. The minimum Gasteiger partial charge on any atom is -0.497 e. The molecule has 8 nitrogen and oxygen atoms in total. The summed E-state index contributed by atoms with van der Waals surface area (Å²) in [7, 11) is 5.32. The Hall–Kier alpha value is -2.53. The molecular formula is C24H28N4O4S2. The van der Waals surface area contributed by atoms with Crippen molar-refractivity contribution in [3.8, 4) is 5.75 Å². The number of piperidine rings is 1. The van der Waals surface area contributed by atoms with Crippen molar-refractivity contribution in [2.45, 2.75) is 30.5 Å². The second-order valence-electron chi connectivity index (χ2n) is 8.24. The van der Waals surface area contributed by atoms with Crippen molar-refractivity contribution in [2.75, 3.05) is 40.1 Å². The lowest BCUT2D eigenvalue weighted by atomic mass is 10.0. The van der Waals surface area contributed by atoms with Crippen LogP contribution < -0.4 is 10.1 Å². The topological polar surface area (TPSA) is 93.7 Å². The number of Topliss-reactive ketones (excluding diaryl/α,β-unsaturated/α-hetero) is 1. The minimum absolute atomic E-state index is 0.0446. The monoisotopic (exact) mass is 500 g/mol. The summed E-state index contributed by atoms with van der Waals surface area (Å²) in [5, 5.41) is 4.66. The quantitative estimate of drug-likeness (QED) is 0.286. The van der Waals surface area contributed by atoms with Crippen LogP contribution in [-0.4, -0.2) is 78.8 Å². The zero-order valence-electron chi connectivity index (χ0n) is 19.7. The number of hydrogen-bond donors (Lipinski definition) is 1. The van der Waals surface area contributed by atoms with Crippen molar-refractivity contribution >= 4 is 45.7 Å². The molecule has 180 valence electrons. The number of carbonyl (C=O) groups is 2. The number of ketones is 1. The molecule has 0 bridgehead atoms. The second kappa shape index (κ2) is 10.8. The molecule has 1 aromatic carbocycles. The van der Waals surface area contributed by atoms with E-state index >= 15 is 0 Å². The first-order valence-electron chi connectivity index (χ1n) is 11.0. The van der Waals surface area contributed by atoms with Gasteiger partial charge >= 0.3 is 0 Å². The van der Waals surface area contributed by atoms with E-state index in [0.717, 1.165) is 35.4 Å². The Morgan fingerprint density at radius 3 is 2.76 bits per heavy atom. The molecule has 0 aliphatic carbocycles. The second-order valence-corrected chi connectivity index (χ2v) is 10.3. The molecule has 1 N–H and O–H groups in total. The Kier molecular flexibility index (Phi) is 7.82. The van der Waals surface area contributed by atoms with Crippen LogP contribution in [0.25, 0.3) is 10.9 Å². The summed E-state index contributed by atoms with van der Waals surface area (Å²) < 4.78 is 10.9. The highest BCUT2D eigenvalue weighted by molar-refractivity contribution is 8.00. The van der Waals surface area contributed by atoms with Crippen LogP contribution in [0.1, 0.15) is 31.6 Å². The van der Waals surface area contributed by atoms with Crippen molar-refractivity contribution in [3.63, 3.8) is 0 Å². The molecular weight excluding hydrogens is 472 g/mol. The maximum atomic E-state index is 12.9. The lowest BCUT2D eigenvalue weighted by Gasteiger charge is -2.36. The fraction of sp³-hybridized carbons (Fsp3) is 0.417. The number of amides is 1. The Labute approximate surface area is 207 Å². The van der Waals surface area contributed by atoms with E-state index in [9.17, 15) is 9.59 Å². The SMILES string of the molecule is COc1ccc2nc(C)nc(SCC(=O)c3ccc(C(=O)N[C@H]4CCN(C)C[C@@H]4OC)s3)c2c1. The summed E-state index contributed by atoms with van der Waals surface area (Å²) in [6.07, 6.45) is 0.774. The van der Waals surface area contributed by atoms with E-state index in [1.54, 1.807) is 26.4 Å². The first-order valence-corrected chi connectivity index (χ1v) is 12.8. The number of likely N-dealkylation sites (N-methyl/N-ethyl adjacent to an activating group) is 1. The number of fused-ring (bicyclic) bond motifs is 1. The summed E-state index contributed by atoms with van der Waals surface area (Å²) in [6, 6.07) is 9.01. The lowest BCUT2D eigenvalue weighted by molar-refractivity contribution is 0.0143. The number of thioether (sulfide) groups is 1. The van der Waals surface area contributed by atoms with Gasteiger partial charge in [0.15, 0.2) is 5.78 Å². The van der Waals surface area contributed by atoms with Gasteiger partial charge in [0.1, 0.15) is 16.6 Å². The van der Waals surface area contributed by atoms with Gasteiger partial charge in [-0.05, 0) is 57.3 Å². The van der Waals surface area contributed by atoms with Gasteiger partial charge in [-0.3, -0.25) is 9.59 Å². The maximum Gasteiger partial charge on any atom is 0.261 e. The van der Waals surface area contributed by atoms with Gasteiger partial charge in [0.05, 0.1) is 40.3 Å². The van der Waals surface area contributed by atoms with E-state index < -0.39 is 0 Å². The van der Waals surface area contributed by atoms with E-state index in [1.165, 1.54) is 23.1 Å². The molecule has 4 rings (SSSR count). The molecule has 0 radical (unpaired) electrons. The molecule has 2 atom stereocenters. The minimum atomic E-state index is -0.169. The Morgan fingerprint density at radius 2 is 2.00 bits per heavy atom. The standard InChI is InChI=1S/C24H28N4O4S2/c1-14-25-17-6-5-15(31-3)11-16(17)24(26-14)33-13-19(29)21-7-8-22(34-21)23(30)27-18-9-10-28(2)12-20(18)32-4/h5-8,11,18,20H,9-10,12-13H2,1-4H3,(H,27,30)/t18-,20-/m0/s1. The highest BCUT2D eigenvalue weighted by atomic mass is 32.2. The number of rotatable bonds is 8. The molecule has 3 aromatic rings. The molecule has 1 amide bonds. The van der Waals surface area contributed by atoms with Gasteiger partial charge in [0, 0.05) is 19.0 Å². The fourth-order valence-corrected chi connectivity index (χ4v) is 5.83. The largest absolute Gasteiger partial charge is 0.497 e. The third-order valence-electron chi connectivity index (χ3n) is 5.81. The van der Waals surface area contributed by atoms with Crippen molar-refractivity contribution < 1.29 is 19.1 Å². The lowest BCUT2D eigenvalue weighted by Crippen LogP contribution is -2.53. The highest BCUT2D eigenvalue weighted by Crippen LogP contribution is 2.30. The average molecular weight is 501 g/mol. The summed E-state index contributed by atoms with van der Waals surface area (Å²) >= 11 is 2.58. The predicted molar refractivity (Wildman–Crippen MR) is 134 cm³/mol. The van der Waals surface area contributed by atoms with Gasteiger partial charge in [-0.25, -0.2) is 9.97 Å². The number of methoxy groups -OCH3 is 2. The zero-order valence-corrected chi connectivity index (χ0v) is 21.3. The van der Waals surface area contributed by atoms with Crippen LogP contribution in [0.4, 0.5) is 0 Å². The van der Waals surface area contributed by atoms with Gasteiger partial charge < -0.3 is 19.7 Å². The molecule has 3 heterocycles. The van der Waals surface area contributed by atoms with Crippen molar-refractivity contribution in [1.82, 2.24) is 20.2 Å². The van der Waals surface area contributed by atoms with Gasteiger partial charge in [-0.15, -0.1) is 11.3 Å². The summed E-state index contributed by atoms with van der Waals surface area (Å²) in [5.74, 6) is 1.35. The highest BCUT2D eigenvalue weighted by Gasteiger charge is 2.29. The molecule has 1 aliphatic heterocycles. The van der Waals surface area contributed by atoms with Crippen LogP contribution >= 0.6 is 23.1 Å². The fourth-order valence-electron chi connectivity index (χ4n) is 3.96. The van der Waals surface area contributed by atoms with Crippen molar-refractivity contribution in [1.29, 1.82) is 0 Å². The number of benzene rings is 1. The number of aryl methyl sites for hydroxylation is 1. The Bertz CT molecular complexity index is 1200. The molecule has 0 unspecified atom stereocenters. The van der Waals surface area contributed by atoms with Gasteiger partial charge in [0.25, 0.3) is 5.91 Å². The Balaban J connectivity index is 1.42. The zero-order chi connectivity index (χ0) is 24.2. The predicted octanol–water partition coefficient (Wildman–Crippen LogP) is 3.43. The first kappa shape index (κ1) is 24.6. The Morgan fingerprint density at radius 1 is 1.21 bits per heavy atom. The van der Waals surface area contributed by atoms with Crippen LogP contribution in [0.15, 0.2) is 35.4 Å². The van der Waals surface area contributed by atoms with Crippen LogP contribution in [0.5, 0.6) is 5.75 Å². The maximum absolute atomic E-state index is 12.9. The first-order chi connectivity index (χ1) is 16.4. The summed E-state index contributed by atoms with van der Waals surface area (Å²) in [5.41, 5.74) is 0.807. The average Bonchev–Trinajstić information content (AvgIpc) is 3.33. The smallest absolute Gasteiger partial charge is 0.261 e. The molecule has 1 aliphatic rings. The van der Waals surface area contributed by atoms with E-state index in [-0.39, 0.29) is 29.6 Å². The molecule has 1 fully saturated rings. The number of nitrogens with one attached hydrogen (secondary N) is 1. The number of thiophene rings is 1. The van der Waals surface area contributed by atoms with Crippen LogP contribution in [0.3, 0.4) is 0 Å². The number of carbonyl (C=O) groups excluding carboxylic acids is 2. The number of likely N-dealkylation sites (tertiary alicyclic amines) is 1. The third kappa shape index (κ3) is 5.57. The normalized spacial score (nSPS) is 18.7. The number of nitrogens with zero attached hydrogens (tertiary/aromatic N) is 3. The van der Waals surface area contributed by atoms with E-state index in [0.29, 0.717) is 21.3 Å². The van der Waals surface area contributed by atoms with Gasteiger partial charge in [-0.1, -0.05) is 11.8 Å². The van der Waals surface area contributed by atoms with Crippen LogP contribution in [-0.2, 0) is 4.74 Å². The third-order valence-corrected chi connectivity index (χ3v) is 7.92. The number of hydrogen-bond acceptors (Lipinski definition) is 9. The van der Waals surface area contributed by atoms with E-state index in [4.69, 9.17) is 9.47 Å². The summed E-state index contributed by atoms with van der Waals surface area (Å²) in [6.45, 7) is 3.51. The molecule has 0 spiro atoms. The number of aromatic nitrogens is 2. The van der Waals surface area contributed by atoms with Gasteiger partial charge in [-0.2, -0.15) is 0 Å². The van der Waals surface area contributed by atoms with E-state index in [2.05, 4.69) is 20.2 Å². The van der Waals surface area contributed by atoms with E-state index in [1.807, 2.05) is 32.2 Å². The van der Waals surface area contributed by atoms with Gasteiger partial charge in [0.2, 0.25) is 0 Å². The molecule has 10 heteroatoms. The van der Waals surface area contributed by atoms with Crippen LogP contribution in [0.2, 0.25) is 0 Å². The molecule has 0 saturated carbocycles. The van der Waals surface area contributed by atoms with Crippen molar-refractivity contribution in [3.05, 3.63) is 45.9 Å². The van der Waals surface area contributed by atoms with Crippen LogP contribution in [0, 0.1) is 6.92 Å². The summed E-state index contributed by atoms with van der Waals surface area (Å²) in [4.78, 5) is 37.9.